The molecule has 7 nitrogen and oxygen atoms in total. The van der Waals surface area contributed by atoms with Gasteiger partial charge in [-0.05, 0) is 24.6 Å². The Morgan fingerprint density at radius 1 is 1.20 bits per heavy atom. The van der Waals surface area contributed by atoms with E-state index in [0.717, 1.165) is 5.69 Å². The molecule has 0 unspecified atom stereocenters. The van der Waals surface area contributed by atoms with E-state index < -0.39 is 11.2 Å². The summed E-state index contributed by atoms with van der Waals surface area (Å²) in [5.41, 5.74) is 1.41. The van der Waals surface area contributed by atoms with Crippen LogP contribution >= 0.6 is 23.2 Å². The summed E-state index contributed by atoms with van der Waals surface area (Å²) in [5, 5.41) is 0.791. The summed E-state index contributed by atoms with van der Waals surface area (Å²) in [4.78, 5) is 33.0. The molecular formula is C16H13Cl2N5O2. The smallest absolute Gasteiger partial charge is 0.328 e. The van der Waals surface area contributed by atoms with E-state index >= 15 is 0 Å². The second kappa shape index (κ2) is 5.50. The van der Waals surface area contributed by atoms with Crippen molar-refractivity contribution < 1.29 is 0 Å². The van der Waals surface area contributed by atoms with Gasteiger partial charge in [0.25, 0.3) is 5.56 Å². The van der Waals surface area contributed by atoms with Gasteiger partial charge in [-0.2, -0.15) is 4.98 Å². The number of aromatic amines is 1. The van der Waals surface area contributed by atoms with Crippen LogP contribution in [0.5, 0.6) is 0 Å². The van der Waals surface area contributed by atoms with Crippen molar-refractivity contribution in [3.63, 3.8) is 0 Å². The fraction of sp³-hybridized carbons (Fsp3) is 0.188. The van der Waals surface area contributed by atoms with Gasteiger partial charge in [-0.1, -0.05) is 29.3 Å². The quantitative estimate of drug-likeness (QED) is 0.582. The van der Waals surface area contributed by atoms with E-state index in [9.17, 15) is 9.59 Å². The molecule has 0 aliphatic carbocycles. The van der Waals surface area contributed by atoms with Crippen LogP contribution in [0.3, 0.4) is 0 Å². The molecule has 0 atom stereocenters. The molecule has 4 aromatic rings. The van der Waals surface area contributed by atoms with Crippen molar-refractivity contribution in [3.05, 3.63) is 66.5 Å². The summed E-state index contributed by atoms with van der Waals surface area (Å²) in [7, 11) is 1.59. The number of H-pyrrole nitrogens is 1. The fourth-order valence-corrected chi connectivity index (χ4v) is 3.24. The van der Waals surface area contributed by atoms with E-state index in [4.69, 9.17) is 23.2 Å². The zero-order valence-corrected chi connectivity index (χ0v) is 14.9. The molecule has 1 N–H and O–H groups in total. The lowest BCUT2D eigenvalue weighted by Crippen LogP contribution is -2.39. The number of fused-ring (bicyclic) bond motifs is 3. The first kappa shape index (κ1) is 16.0. The van der Waals surface area contributed by atoms with E-state index in [-0.39, 0.29) is 6.54 Å². The number of aromatic nitrogens is 5. The number of benzene rings is 1. The molecule has 25 heavy (non-hydrogen) atoms. The van der Waals surface area contributed by atoms with Gasteiger partial charge >= 0.3 is 5.69 Å². The van der Waals surface area contributed by atoms with Crippen LogP contribution in [0.15, 0.2) is 34.0 Å². The monoisotopic (exact) mass is 377 g/mol. The zero-order valence-electron chi connectivity index (χ0n) is 13.4. The van der Waals surface area contributed by atoms with Crippen LogP contribution in [-0.4, -0.2) is 23.5 Å². The number of hydrogen-bond acceptors (Lipinski definition) is 3. The molecule has 0 amide bonds. The molecule has 3 heterocycles. The zero-order chi connectivity index (χ0) is 17.9. The summed E-state index contributed by atoms with van der Waals surface area (Å²) in [6, 6.07) is 5.02. The third kappa shape index (κ3) is 2.39. The van der Waals surface area contributed by atoms with Crippen molar-refractivity contribution in [1.82, 2.24) is 23.5 Å². The maximum absolute atomic E-state index is 13.0. The number of aryl methyl sites for hydroxylation is 2. The lowest BCUT2D eigenvalue weighted by molar-refractivity contribution is 0.656. The van der Waals surface area contributed by atoms with Crippen molar-refractivity contribution in [1.29, 1.82) is 0 Å². The average molecular weight is 378 g/mol. The van der Waals surface area contributed by atoms with Crippen molar-refractivity contribution in [2.24, 2.45) is 7.05 Å². The van der Waals surface area contributed by atoms with Gasteiger partial charge in [-0.25, -0.2) is 4.79 Å². The van der Waals surface area contributed by atoms with Crippen LogP contribution in [0.25, 0.3) is 16.9 Å². The fourth-order valence-electron chi connectivity index (χ4n) is 2.92. The van der Waals surface area contributed by atoms with Crippen LogP contribution in [0.1, 0.15) is 11.3 Å². The SMILES string of the molecule is Cc1cn2c(nc3c2c(=O)n(Cc2ccc(Cl)c(Cl)c2)c(=O)n3C)[nH]1. The Morgan fingerprint density at radius 2 is 1.96 bits per heavy atom. The second-order valence-electron chi connectivity index (χ2n) is 5.90. The van der Waals surface area contributed by atoms with Crippen molar-refractivity contribution in [2.45, 2.75) is 13.5 Å². The third-order valence-electron chi connectivity index (χ3n) is 4.13. The Bertz CT molecular complexity index is 1260. The number of nitrogens with zero attached hydrogens (tertiary/aromatic N) is 4. The molecule has 128 valence electrons. The predicted molar refractivity (Wildman–Crippen MR) is 96.9 cm³/mol. The van der Waals surface area contributed by atoms with E-state index in [2.05, 4.69) is 9.97 Å². The predicted octanol–water partition coefficient (Wildman–Crippen LogP) is 2.34. The highest BCUT2D eigenvalue weighted by atomic mass is 35.5. The van der Waals surface area contributed by atoms with Gasteiger partial charge in [0, 0.05) is 18.9 Å². The maximum atomic E-state index is 13.0. The number of imidazole rings is 2. The highest BCUT2D eigenvalue weighted by molar-refractivity contribution is 6.42. The van der Waals surface area contributed by atoms with Crippen LogP contribution in [-0.2, 0) is 13.6 Å². The Balaban J connectivity index is 1.99. The van der Waals surface area contributed by atoms with Gasteiger partial charge in [0.15, 0.2) is 11.2 Å². The minimum absolute atomic E-state index is 0.0922. The second-order valence-corrected chi connectivity index (χ2v) is 6.71. The largest absolute Gasteiger partial charge is 0.332 e. The molecule has 9 heteroatoms. The Morgan fingerprint density at radius 3 is 2.68 bits per heavy atom. The topological polar surface area (TPSA) is 77.1 Å². The van der Waals surface area contributed by atoms with Crippen molar-refractivity contribution in [2.75, 3.05) is 0 Å². The normalized spacial score (nSPS) is 11.7. The van der Waals surface area contributed by atoms with E-state index in [1.54, 1.807) is 35.8 Å². The highest BCUT2D eigenvalue weighted by Crippen LogP contribution is 2.22. The molecule has 0 saturated carbocycles. The molecule has 0 fully saturated rings. The van der Waals surface area contributed by atoms with Crippen molar-refractivity contribution >= 4 is 40.1 Å². The lowest BCUT2D eigenvalue weighted by Gasteiger charge is -2.09. The van der Waals surface area contributed by atoms with E-state index in [1.165, 1.54) is 9.13 Å². The van der Waals surface area contributed by atoms with Gasteiger partial charge in [0.05, 0.1) is 16.6 Å². The number of hydrogen-bond donors (Lipinski definition) is 1. The van der Waals surface area contributed by atoms with Gasteiger partial charge < -0.3 is 4.98 Å². The van der Waals surface area contributed by atoms with Gasteiger partial charge in [0.1, 0.15) is 0 Å². The third-order valence-corrected chi connectivity index (χ3v) is 4.87. The summed E-state index contributed by atoms with van der Waals surface area (Å²) in [6.45, 7) is 1.96. The van der Waals surface area contributed by atoms with Crippen LogP contribution in [0.2, 0.25) is 10.0 Å². The molecule has 4 rings (SSSR count). The van der Waals surface area contributed by atoms with Crippen molar-refractivity contribution in [3.8, 4) is 0 Å². The number of nitrogens with one attached hydrogen (secondary N) is 1. The molecule has 0 bridgehead atoms. The molecule has 1 aromatic carbocycles. The van der Waals surface area contributed by atoms with Crippen LogP contribution in [0.4, 0.5) is 0 Å². The molecular weight excluding hydrogens is 365 g/mol. The van der Waals surface area contributed by atoms with Crippen LogP contribution in [0, 0.1) is 6.92 Å². The van der Waals surface area contributed by atoms with Gasteiger partial charge in [-0.15, -0.1) is 0 Å². The standard InChI is InChI=1S/C16H13Cl2N5O2/c1-8-6-22-12-13(20-15(22)19-8)21(2)16(25)23(14(12)24)7-9-3-4-10(17)11(18)5-9/h3-6H,7H2,1-2H3,(H,19,20). The lowest BCUT2D eigenvalue weighted by atomic mass is 10.2. The minimum atomic E-state index is -0.443. The molecule has 0 radical (unpaired) electrons. The molecule has 0 aliphatic heterocycles. The Kier molecular flexibility index (Phi) is 3.52. The van der Waals surface area contributed by atoms with Gasteiger partial charge in [0.2, 0.25) is 5.78 Å². The van der Waals surface area contributed by atoms with E-state index in [0.29, 0.717) is 32.6 Å². The molecule has 0 saturated heterocycles. The summed E-state index contributed by atoms with van der Waals surface area (Å²) < 4.78 is 4.20. The first-order valence-corrected chi connectivity index (χ1v) is 8.23. The Hall–Kier alpha value is -2.51. The van der Waals surface area contributed by atoms with E-state index in [1.807, 2.05) is 6.92 Å². The average Bonchev–Trinajstić information content (AvgIpc) is 3.08. The highest BCUT2D eigenvalue weighted by Gasteiger charge is 2.18. The summed E-state index contributed by atoms with van der Waals surface area (Å²) >= 11 is 11.9. The first-order chi connectivity index (χ1) is 11.9. The Labute approximate surface area is 151 Å². The summed E-state index contributed by atoms with van der Waals surface area (Å²) in [6.07, 6.45) is 1.78. The molecule has 0 spiro atoms. The van der Waals surface area contributed by atoms with Crippen LogP contribution < -0.4 is 11.2 Å². The maximum Gasteiger partial charge on any atom is 0.332 e. The molecule has 0 aliphatic rings. The molecule has 3 aromatic heterocycles. The first-order valence-electron chi connectivity index (χ1n) is 7.48. The minimum Gasteiger partial charge on any atom is -0.328 e. The summed E-state index contributed by atoms with van der Waals surface area (Å²) in [5.74, 6) is 0.520. The number of halogens is 2. The number of rotatable bonds is 2. The van der Waals surface area contributed by atoms with Gasteiger partial charge in [-0.3, -0.25) is 18.3 Å².